The van der Waals surface area contributed by atoms with Crippen molar-refractivity contribution in [1.82, 2.24) is 20.1 Å². The summed E-state index contributed by atoms with van der Waals surface area (Å²) >= 11 is 0. The van der Waals surface area contributed by atoms with Crippen LogP contribution in [0.2, 0.25) is 0 Å². The normalized spacial score (nSPS) is 21.3. The van der Waals surface area contributed by atoms with Gasteiger partial charge >= 0.3 is 0 Å². The van der Waals surface area contributed by atoms with Crippen LogP contribution in [0.1, 0.15) is 30.5 Å². The van der Waals surface area contributed by atoms with Gasteiger partial charge in [-0.2, -0.15) is 0 Å². The Morgan fingerprint density at radius 3 is 2.66 bits per heavy atom. The number of carbonyl (C=O) groups is 2. The zero-order valence-corrected chi connectivity index (χ0v) is 17.6. The van der Waals surface area contributed by atoms with E-state index in [9.17, 15) is 23.5 Å². The fourth-order valence-electron chi connectivity index (χ4n) is 4.38. The maximum Gasteiger partial charge on any atom is 0.237 e. The molecule has 1 atom stereocenters. The van der Waals surface area contributed by atoms with Gasteiger partial charge < -0.3 is 15.3 Å². The number of aromatic nitrogens is 1. The molecule has 4 rings (SSSR count). The second kappa shape index (κ2) is 9.30. The van der Waals surface area contributed by atoms with E-state index >= 15 is 0 Å². The summed E-state index contributed by atoms with van der Waals surface area (Å²) in [5.41, 5.74) is -0.348. The summed E-state index contributed by atoms with van der Waals surface area (Å²) in [6.07, 6.45) is 2.27. The van der Waals surface area contributed by atoms with Crippen molar-refractivity contribution in [2.45, 2.75) is 37.5 Å². The fourth-order valence-corrected chi connectivity index (χ4v) is 4.38. The first-order chi connectivity index (χ1) is 15.4. The van der Waals surface area contributed by atoms with Crippen LogP contribution in [0.4, 0.5) is 8.78 Å². The first-order valence-electron chi connectivity index (χ1n) is 10.7. The number of piperazine rings is 1. The molecule has 7 nitrogen and oxygen atoms in total. The van der Waals surface area contributed by atoms with Crippen molar-refractivity contribution in [3.8, 4) is 0 Å². The quantitative estimate of drug-likeness (QED) is 0.731. The van der Waals surface area contributed by atoms with Gasteiger partial charge in [-0.3, -0.25) is 19.5 Å². The van der Waals surface area contributed by atoms with Crippen molar-refractivity contribution >= 4 is 11.8 Å². The lowest BCUT2D eigenvalue weighted by Crippen LogP contribution is -2.57. The number of amides is 2. The van der Waals surface area contributed by atoms with Gasteiger partial charge in [0.25, 0.3) is 0 Å². The molecule has 9 heteroatoms. The molecule has 0 radical (unpaired) electrons. The molecule has 2 aliphatic rings. The van der Waals surface area contributed by atoms with Crippen LogP contribution in [0, 0.1) is 11.6 Å². The van der Waals surface area contributed by atoms with E-state index in [-0.39, 0.29) is 30.3 Å². The number of nitrogens with zero attached hydrogens (tertiary/aromatic N) is 3. The number of piperidine rings is 1. The molecule has 2 saturated heterocycles. The molecular weight excluding hydrogens is 418 g/mol. The lowest BCUT2D eigenvalue weighted by atomic mass is 9.87. The Morgan fingerprint density at radius 1 is 1.16 bits per heavy atom. The standard InChI is InChI=1S/C23H26F2N4O3/c24-17-5-3-4-16(21(17)25)15-29-13-10-27-22(31)18(29)14-20(30)28-11-7-23(32,8-12-28)19-6-1-2-9-26-19/h1-6,9,18,32H,7-8,10-15H2,(H,27,31). The third kappa shape index (κ3) is 4.63. The number of pyridine rings is 1. The van der Waals surface area contributed by atoms with Gasteiger partial charge in [0, 0.05) is 44.5 Å². The molecule has 2 aliphatic heterocycles. The summed E-state index contributed by atoms with van der Waals surface area (Å²) in [5.74, 6) is -2.39. The van der Waals surface area contributed by atoms with Crippen LogP contribution in [0.5, 0.6) is 0 Å². The van der Waals surface area contributed by atoms with Crippen LogP contribution in [0.3, 0.4) is 0 Å². The van der Waals surface area contributed by atoms with Crippen molar-refractivity contribution in [2.75, 3.05) is 26.2 Å². The van der Waals surface area contributed by atoms with Crippen LogP contribution >= 0.6 is 0 Å². The van der Waals surface area contributed by atoms with Crippen molar-refractivity contribution in [3.05, 3.63) is 65.5 Å². The molecule has 2 N–H and O–H groups in total. The smallest absolute Gasteiger partial charge is 0.237 e. The van der Waals surface area contributed by atoms with Gasteiger partial charge in [0.15, 0.2) is 11.6 Å². The molecule has 32 heavy (non-hydrogen) atoms. The first-order valence-corrected chi connectivity index (χ1v) is 10.7. The van der Waals surface area contributed by atoms with Gasteiger partial charge in [0.05, 0.1) is 18.2 Å². The third-order valence-corrected chi connectivity index (χ3v) is 6.30. The Balaban J connectivity index is 1.41. The molecule has 0 spiro atoms. The van der Waals surface area contributed by atoms with Crippen molar-refractivity contribution in [3.63, 3.8) is 0 Å². The third-order valence-electron chi connectivity index (χ3n) is 6.30. The molecule has 1 aromatic heterocycles. The molecule has 0 saturated carbocycles. The first kappa shape index (κ1) is 22.3. The largest absolute Gasteiger partial charge is 0.383 e. The minimum absolute atomic E-state index is 0.0361. The van der Waals surface area contributed by atoms with Crippen molar-refractivity contribution in [2.24, 2.45) is 0 Å². The number of rotatable bonds is 5. The molecule has 170 valence electrons. The molecule has 2 amide bonds. The Morgan fingerprint density at radius 2 is 1.94 bits per heavy atom. The van der Waals surface area contributed by atoms with Gasteiger partial charge in [-0.25, -0.2) is 8.78 Å². The van der Waals surface area contributed by atoms with Crippen molar-refractivity contribution < 1.29 is 23.5 Å². The second-order valence-corrected chi connectivity index (χ2v) is 8.32. The predicted molar refractivity (Wildman–Crippen MR) is 112 cm³/mol. The van der Waals surface area contributed by atoms with Gasteiger partial charge in [-0.05, 0) is 31.0 Å². The lowest BCUT2D eigenvalue weighted by molar-refractivity contribution is -0.142. The van der Waals surface area contributed by atoms with Crippen LogP contribution < -0.4 is 5.32 Å². The summed E-state index contributed by atoms with van der Waals surface area (Å²) in [5, 5.41) is 13.7. The van der Waals surface area contributed by atoms with E-state index in [1.165, 1.54) is 12.1 Å². The second-order valence-electron chi connectivity index (χ2n) is 8.32. The zero-order valence-electron chi connectivity index (χ0n) is 17.6. The van der Waals surface area contributed by atoms with Crippen LogP contribution in [-0.4, -0.2) is 63.9 Å². The average molecular weight is 444 g/mol. The maximum absolute atomic E-state index is 14.1. The summed E-state index contributed by atoms with van der Waals surface area (Å²) in [6.45, 7) is 1.53. The molecule has 1 unspecified atom stereocenters. The number of hydrogen-bond donors (Lipinski definition) is 2. The van der Waals surface area contributed by atoms with Crippen LogP contribution in [-0.2, 0) is 21.7 Å². The number of carbonyl (C=O) groups excluding carboxylic acids is 2. The van der Waals surface area contributed by atoms with E-state index in [4.69, 9.17) is 0 Å². The Labute approximate surface area is 185 Å². The van der Waals surface area contributed by atoms with E-state index in [0.717, 1.165) is 6.07 Å². The topological polar surface area (TPSA) is 85.8 Å². The van der Waals surface area contributed by atoms with Crippen LogP contribution in [0.15, 0.2) is 42.6 Å². The molecule has 3 heterocycles. The van der Waals surface area contributed by atoms with Gasteiger partial charge in [0.1, 0.15) is 5.60 Å². The monoisotopic (exact) mass is 444 g/mol. The lowest BCUT2D eigenvalue weighted by Gasteiger charge is -2.39. The van der Waals surface area contributed by atoms with Gasteiger partial charge in [0.2, 0.25) is 11.8 Å². The highest BCUT2D eigenvalue weighted by atomic mass is 19.2. The Kier molecular flexibility index (Phi) is 6.48. The number of aliphatic hydroxyl groups is 1. The maximum atomic E-state index is 14.1. The Bertz CT molecular complexity index is 980. The zero-order chi connectivity index (χ0) is 22.7. The molecule has 2 aromatic rings. The summed E-state index contributed by atoms with van der Waals surface area (Å²) in [4.78, 5) is 33.1. The summed E-state index contributed by atoms with van der Waals surface area (Å²) in [6, 6.07) is 8.55. The molecular formula is C23H26F2N4O3. The van der Waals surface area contributed by atoms with Gasteiger partial charge in [-0.15, -0.1) is 0 Å². The highest BCUT2D eigenvalue weighted by Crippen LogP contribution is 2.31. The van der Waals surface area contributed by atoms with E-state index in [2.05, 4.69) is 10.3 Å². The number of nitrogens with one attached hydrogen (secondary N) is 1. The van der Waals surface area contributed by atoms with E-state index in [1.807, 2.05) is 6.07 Å². The SMILES string of the molecule is O=C1NCCN(Cc2cccc(F)c2F)C1CC(=O)N1CCC(O)(c2ccccn2)CC1. The highest BCUT2D eigenvalue weighted by Gasteiger charge is 2.38. The molecule has 0 bridgehead atoms. The highest BCUT2D eigenvalue weighted by molar-refractivity contribution is 5.88. The summed E-state index contributed by atoms with van der Waals surface area (Å²) in [7, 11) is 0. The van der Waals surface area contributed by atoms with Crippen molar-refractivity contribution in [1.29, 1.82) is 0 Å². The Hall–Kier alpha value is -2.91. The van der Waals surface area contributed by atoms with E-state index in [0.29, 0.717) is 44.7 Å². The number of halogens is 2. The van der Waals surface area contributed by atoms with E-state index in [1.54, 1.807) is 28.1 Å². The molecule has 0 aliphatic carbocycles. The fraction of sp³-hybridized carbons (Fsp3) is 0.435. The predicted octanol–water partition coefficient (Wildman–Crippen LogP) is 1.56. The minimum Gasteiger partial charge on any atom is -0.383 e. The number of likely N-dealkylation sites (tertiary alicyclic amines) is 1. The molecule has 1 aromatic carbocycles. The number of benzene rings is 1. The van der Waals surface area contributed by atoms with Crippen LogP contribution in [0.25, 0.3) is 0 Å². The van der Waals surface area contributed by atoms with Gasteiger partial charge in [-0.1, -0.05) is 18.2 Å². The summed E-state index contributed by atoms with van der Waals surface area (Å²) < 4.78 is 27.7. The number of hydrogen-bond acceptors (Lipinski definition) is 5. The average Bonchev–Trinajstić information content (AvgIpc) is 2.80. The minimum atomic E-state index is -1.08. The molecule has 2 fully saturated rings. The van der Waals surface area contributed by atoms with E-state index < -0.39 is 23.3 Å².